The number of esters is 1. The number of hydrogen-bond donors (Lipinski definition) is 0. The summed E-state index contributed by atoms with van der Waals surface area (Å²) >= 11 is 0. The molecular weight excluding hydrogens is 244 g/mol. The van der Waals surface area contributed by atoms with Gasteiger partial charge in [-0.2, -0.15) is 0 Å². The molecule has 0 atom stereocenters. The number of para-hydroxylation sites is 1. The zero-order valence-corrected chi connectivity index (χ0v) is 11.0. The second-order valence-corrected chi connectivity index (χ2v) is 4.01. The molecule has 0 aliphatic carbocycles. The predicted octanol–water partition coefficient (Wildman–Crippen LogP) is 1.41. The van der Waals surface area contributed by atoms with Crippen LogP contribution in [0.15, 0.2) is 24.3 Å². The van der Waals surface area contributed by atoms with E-state index in [0.29, 0.717) is 25.5 Å². The normalized spacial score (nSPS) is 10.4. The standard InChI is InChI=1S/C13H16N4O2/c1-3-17(9-8-12(18)19-2)13-14-10-6-4-5-7-11(10)15-16-13/h4-7H,3,8-9H2,1-2H3. The van der Waals surface area contributed by atoms with Gasteiger partial charge < -0.3 is 9.64 Å². The molecule has 0 N–H and O–H groups in total. The van der Waals surface area contributed by atoms with Crippen LogP contribution in [0.3, 0.4) is 0 Å². The Morgan fingerprint density at radius 1 is 1.26 bits per heavy atom. The Kier molecular flexibility index (Phi) is 4.22. The zero-order chi connectivity index (χ0) is 13.7. The summed E-state index contributed by atoms with van der Waals surface area (Å²) < 4.78 is 4.63. The second-order valence-electron chi connectivity index (χ2n) is 4.01. The van der Waals surface area contributed by atoms with Crippen LogP contribution in [-0.2, 0) is 9.53 Å². The fraction of sp³-hybridized carbons (Fsp3) is 0.385. The van der Waals surface area contributed by atoms with Crippen molar-refractivity contribution in [1.82, 2.24) is 15.2 Å². The molecule has 1 heterocycles. The molecule has 1 aromatic heterocycles. The van der Waals surface area contributed by atoms with Gasteiger partial charge in [-0.1, -0.05) is 12.1 Å². The van der Waals surface area contributed by atoms with Crippen LogP contribution in [0, 0.1) is 0 Å². The number of fused-ring (bicyclic) bond motifs is 1. The maximum atomic E-state index is 11.2. The van der Waals surface area contributed by atoms with Crippen LogP contribution < -0.4 is 4.90 Å². The van der Waals surface area contributed by atoms with Crippen LogP contribution in [0.5, 0.6) is 0 Å². The highest BCUT2D eigenvalue weighted by Gasteiger charge is 2.11. The lowest BCUT2D eigenvalue weighted by atomic mass is 10.3. The van der Waals surface area contributed by atoms with E-state index in [1.165, 1.54) is 7.11 Å². The molecular formula is C13H16N4O2. The molecule has 0 radical (unpaired) electrons. The summed E-state index contributed by atoms with van der Waals surface area (Å²) in [6.45, 7) is 3.20. The third-order valence-corrected chi connectivity index (χ3v) is 2.83. The number of methoxy groups -OCH3 is 1. The van der Waals surface area contributed by atoms with Crippen LogP contribution in [0.4, 0.5) is 5.95 Å². The Hall–Kier alpha value is -2.24. The highest BCUT2D eigenvalue weighted by atomic mass is 16.5. The molecule has 0 spiro atoms. The molecule has 0 unspecified atom stereocenters. The van der Waals surface area contributed by atoms with Gasteiger partial charge in [-0.05, 0) is 19.1 Å². The fourth-order valence-electron chi connectivity index (χ4n) is 1.73. The molecule has 0 saturated carbocycles. The van der Waals surface area contributed by atoms with Gasteiger partial charge in [0.25, 0.3) is 0 Å². The van der Waals surface area contributed by atoms with Gasteiger partial charge in [0, 0.05) is 13.1 Å². The largest absolute Gasteiger partial charge is 0.469 e. The lowest BCUT2D eigenvalue weighted by Gasteiger charge is -2.19. The van der Waals surface area contributed by atoms with Crippen LogP contribution in [-0.4, -0.2) is 41.3 Å². The van der Waals surface area contributed by atoms with E-state index in [-0.39, 0.29) is 5.97 Å². The summed E-state index contributed by atoms with van der Waals surface area (Å²) in [5.74, 6) is 0.289. The SMILES string of the molecule is CCN(CCC(=O)OC)c1nnc2ccccc2n1. The van der Waals surface area contributed by atoms with E-state index in [1.54, 1.807) is 0 Å². The molecule has 1 aromatic carbocycles. The van der Waals surface area contributed by atoms with Crippen molar-refractivity contribution >= 4 is 23.0 Å². The number of anilines is 1. The first-order chi connectivity index (χ1) is 9.24. The monoisotopic (exact) mass is 260 g/mol. The molecule has 0 fully saturated rings. The first-order valence-corrected chi connectivity index (χ1v) is 6.15. The maximum absolute atomic E-state index is 11.2. The minimum Gasteiger partial charge on any atom is -0.469 e. The van der Waals surface area contributed by atoms with Gasteiger partial charge in [0.1, 0.15) is 5.52 Å². The highest BCUT2D eigenvalue weighted by molar-refractivity contribution is 5.74. The number of nitrogens with zero attached hydrogens (tertiary/aromatic N) is 4. The average Bonchev–Trinajstić information content (AvgIpc) is 2.47. The van der Waals surface area contributed by atoms with E-state index in [0.717, 1.165) is 11.0 Å². The Morgan fingerprint density at radius 2 is 2.00 bits per heavy atom. The molecule has 19 heavy (non-hydrogen) atoms. The third-order valence-electron chi connectivity index (χ3n) is 2.83. The van der Waals surface area contributed by atoms with Crippen molar-refractivity contribution in [1.29, 1.82) is 0 Å². The second kappa shape index (κ2) is 6.08. The van der Waals surface area contributed by atoms with E-state index >= 15 is 0 Å². The molecule has 0 aliphatic rings. The molecule has 6 nitrogen and oxygen atoms in total. The van der Waals surface area contributed by atoms with Crippen molar-refractivity contribution in [2.75, 3.05) is 25.1 Å². The van der Waals surface area contributed by atoms with Crippen molar-refractivity contribution in [3.05, 3.63) is 24.3 Å². The van der Waals surface area contributed by atoms with E-state index in [9.17, 15) is 4.79 Å². The van der Waals surface area contributed by atoms with Gasteiger partial charge in [-0.15, -0.1) is 10.2 Å². The van der Waals surface area contributed by atoms with Crippen molar-refractivity contribution in [3.8, 4) is 0 Å². The van der Waals surface area contributed by atoms with E-state index in [2.05, 4.69) is 19.9 Å². The van der Waals surface area contributed by atoms with Crippen LogP contribution >= 0.6 is 0 Å². The van der Waals surface area contributed by atoms with Gasteiger partial charge in [-0.3, -0.25) is 4.79 Å². The average molecular weight is 260 g/mol. The van der Waals surface area contributed by atoms with Crippen LogP contribution in [0.1, 0.15) is 13.3 Å². The molecule has 0 saturated heterocycles. The van der Waals surface area contributed by atoms with Gasteiger partial charge in [0.15, 0.2) is 0 Å². The number of rotatable bonds is 5. The number of aromatic nitrogens is 3. The lowest BCUT2D eigenvalue weighted by Crippen LogP contribution is -2.28. The van der Waals surface area contributed by atoms with Crippen LogP contribution in [0.2, 0.25) is 0 Å². The minimum atomic E-state index is -0.243. The molecule has 0 aliphatic heterocycles. The molecule has 6 heteroatoms. The van der Waals surface area contributed by atoms with Crippen molar-refractivity contribution in [3.63, 3.8) is 0 Å². The summed E-state index contributed by atoms with van der Waals surface area (Å²) in [5, 5.41) is 8.22. The Labute approximate surface area is 111 Å². The van der Waals surface area contributed by atoms with Crippen LogP contribution in [0.25, 0.3) is 11.0 Å². The Morgan fingerprint density at radius 3 is 2.68 bits per heavy atom. The summed E-state index contributed by atoms with van der Waals surface area (Å²) in [4.78, 5) is 17.5. The Bertz CT molecular complexity index is 573. The predicted molar refractivity (Wildman–Crippen MR) is 71.9 cm³/mol. The van der Waals surface area contributed by atoms with Crippen molar-refractivity contribution in [2.24, 2.45) is 0 Å². The van der Waals surface area contributed by atoms with Gasteiger partial charge in [-0.25, -0.2) is 4.98 Å². The first-order valence-electron chi connectivity index (χ1n) is 6.15. The molecule has 0 bridgehead atoms. The third kappa shape index (κ3) is 3.15. The summed E-state index contributed by atoms with van der Waals surface area (Å²) in [7, 11) is 1.38. The van der Waals surface area contributed by atoms with E-state index < -0.39 is 0 Å². The Balaban J connectivity index is 2.18. The zero-order valence-electron chi connectivity index (χ0n) is 11.0. The first kappa shape index (κ1) is 13.2. The fourth-order valence-corrected chi connectivity index (χ4v) is 1.73. The number of hydrogen-bond acceptors (Lipinski definition) is 6. The summed E-state index contributed by atoms with van der Waals surface area (Å²) in [5.41, 5.74) is 1.55. The van der Waals surface area contributed by atoms with Crippen molar-refractivity contribution < 1.29 is 9.53 Å². The lowest BCUT2D eigenvalue weighted by molar-refractivity contribution is -0.140. The van der Waals surface area contributed by atoms with Gasteiger partial charge >= 0.3 is 5.97 Å². The highest BCUT2D eigenvalue weighted by Crippen LogP contribution is 2.12. The number of benzene rings is 1. The van der Waals surface area contributed by atoms with Gasteiger partial charge in [0.2, 0.25) is 5.95 Å². The van der Waals surface area contributed by atoms with E-state index in [1.807, 2.05) is 36.1 Å². The topological polar surface area (TPSA) is 68.2 Å². The van der Waals surface area contributed by atoms with E-state index in [4.69, 9.17) is 0 Å². The summed E-state index contributed by atoms with van der Waals surface area (Å²) in [6, 6.07) is 7.56. The quantitative estimate of drug-likeness (QED) is 0.757. The maximum Gasteiger partial charge on any atom is 0.307 e. The number of ether oxygens (including phenoxy) is 1. The van der Waals surface area contributed by atoms with Gasteiger partial charge in [0.05, 0.1) is 19.0 Å². The number of carbonyl (C=O) groups is 1. The molecule has 0 amide bonds. The smallest absolute Gasteiger partial charge is 0.307 e. The minimum absolute atomic E-state index is 0.243. The van der Waals surface area contributed by atoms with Crippen molar-refractivity contribution in [2.45, 2.75) is 13.3 Å². The molecule has 2 rings (SSSR count). The summed E-state index contributed by atoms with van der Waals surface area (Å²) in [6.07, 6.45) is 0.306. The molecule has 100 valence electrons. The molecule has 2 aromatic rings. The number of carbonyl (C=O) groups excluding carboxylic acids is 1.